The normalized spacial score (nSPS) is 12.0. The van der Waals surface area contributed by atoms with Crippen LogP contribution in [0.5, 0.6) is 0 Å². The predicted octanol–water partition coefficient (Wildman–Crippen LogP) is 2.89. The van der Waals surface area contributed by atoms with Gasteiger partial charge in [-0.2, -0.15) is 5.10 Å². The third kappa shape index (κ3) is 4.40. The van der Waals surface area contributed by atoms with E-state index in [1.165, 1.54) is 0 Å². The van der Waals surface area contributed by atoms with E-state index >= 15 is 0 Å². The molecule has 1 heterocycles. The van der Waals surface area contributed by atoms with Crippen LogP contribution in [0.25, 0.3) is 11.3 Å². The number of hydrogen-bond donors (Lipinski definition) is 3. The number of aromatic amines is 1. The maximum absolute atomic E-state index is 12.3. The van der Waals surface area contributed by atoms with Gasteiger partial charge in [0.05, 0.1) is 23.5 Å². The van der Waals surface area contributed by atoms with Crippen LogP contribution in [0.2, 0.25) is 5.02 Å². The smallest absolute Gasteiger partial charge is 0.228 e. The van der Waals surface area contributed by atoms with Gasteiger partial charge in [0.15, 0.2) is 4.90 Å². The Balaban J connectivity index is 1.84. The van der Waals surface area contributed by atoms with Gasteiger partial charge in [-0.25, -0.2) is 0 Å². The van der Waals surface area contributed by atoms with Gasteiger partial charge in [0, 0.05) is 34.6 Å². The molecule has 0 saturated heterocycles. The van der Waals surface area contributed by atoms with Crippen LogP contribution in [0.4, 0.5) is 5.69 Å². The van der Waals surface area contributed by atoms with Crippen LogP contribution in [0.15, 0.2) is 59.6 Å². The summed E-state index contributed by atoms with van der Waals surface area (Å²) in [5, 5.41) is 15.5. The van der Waals surface area contributed by atoms with Gasteiger partial charge in [-0.1, -0.05) is 29.8 Å². The molecule has 3 rings (SSSR count). The highest BCUT2D eigenvalue weighted by Gasteiger charge is 2.14. The molecular weight excluding hydrogens is 360 g/mol. The van der Waals surface area contributed by atoms with Gasteiger partial charge in [-0.05, 0) is 23.8 Å². The Morgan fingerprint density at radius 1 is 1.28 bits per heavy atom. The zero-order valence-electron chi connectivity index (χ0n) is 13.0. The largest absolute Gasteiger partial charge is 0.593 e. The highest BCUT2D eigenvalue weighted by molar-refractivity contribution is 7.89. The molecule has 1 amide bonds. The minimum atomic E-state index is -1.67. The lowest BCUT2D eigenvalue weighted by Crippen LogP contribution is -2.16. The number of benzene rings is 2. The third-order valence-electron chi connectivity index (χ3n) is 3.54. The Morgan fingerprint density at radius 3 is 2.76 bits per heavy atom. The fraction of sp³-hybridized carbons (Fsp3) is 0.0588. The van der Waals surface area contributed by atoms with Crippen LogP contribution >= 0.6 is 11.6 Å². The van der Waals surface area contributed by atoms with E-state index < -0.39 is 11.4 Å². The molecule has 0 spiro atoms. The van der Waals surface area contributed by atoms with Gasteiger partial charge in [-0.15, -0.1) is 5.14 Å². The lowest BCUT2D eigenvalue weighted by atomic mass is 10.1. The Hall–Kier alpha value is -2.32. The molecule has 0 saturated carbocycles. The van der Waals surface area contributed by atoms with E-state index in [1.807, 2.05) is 6.07 Å². The average molecular weight is 375 g/mol. The lowest BCUT2D eigenvalue weighted by molar-refractivity contribution is -0.115. The molecule has 0 aliphatic heterocycles. The van der Waals surface area contributed by atoms with E-state index in [1.54, 1.807) is 48.7 Å². The van der Waals surface area contributed by atoms with Crippen LogP contribution in [-0.2, 0) is 22.6 Å². The minimum Gasteiger partial charge on any atom is -0.593 e. The summed E-state index contributed by atoms with van der Waals surface area (Å²) >= 11 is 4.41. The molecule has 128 valence electrons. The van der Waals surface area contributed by atoms with Gasteiger partial charge in [0.25, 0.3) is 0 Å². The second kappa shape index (κ2) is 7.71. The van der Waals surface area contributed by atoms with Gasteiger partial charge in [0.2, 0.25) is 5.91 Å². The number of amides is 1. The molecule has 0 aliphatic rings. The van der Waals surface area contributed by atoms with Crippen LogP contribution in [0.3, 0.4) is 0 Å². The van der Waals surface area contributed by atoms with E-state index in [2.05, 4.69) is 15.5 Å². The van der Waals surface area contributed by atoms with Crippen molar-refractivity contribution in [3.63, 3.8) is 0 Å². The van der Waals surface area contributed by atoms with Gasteiger partial charge in [0.1, 0.15) is 0 Å². The van der Waals surface area contributed by atoms with Crippen molar-refractivity contribution in [2.45, 2.75) is 11.3 Å². The van der Waals surface area contributed by atoms with Crippen molar-refractivity contribution in [3.05, 3.63) is 65.3 Å². The van der Waals surface area contributed by atoms with E-state index in [4.69, 9.17) is 16.7 Å². The molecule has 8 heteroatoms. The van der Waals surface area contributed by atoms with Crippen molar-refractivity contribution in [1.82, 2.24) is 10.2 Å². The Labute approximate surface area is 152 Å². The van der Waals surface area contributed by atoms with E-state index in [0.717, 1.165) is 16.8 Å². The van der Waals surface area contributed by atoms with E-state index in [-0.39, 0.29) is 12.3 Å². The number of rotatable bonds is 5. The average Bonchev–Trinajstić information content (AvgIpc) is 3.11. The molecule has 1 unspecified atom stereocenters. The second-order valence-electron chi connectivity index (χ2n) is 5.33. The number of hydrogen-bond acceptors (Lipinski definition) is 4. The highest BCUT2D eigenvalue weighted by atomic mass is 35.5. The molecule has 1 atom stereocenters. The Morgan fingerprint density at radius 2 is 2.08 bits per heavy atom. The van der Waals surface area contributed by atoms with Gasteiger partial charge < -0.3 is 9.87 Å². The standard InChI is InChI=1S/C17H15ClN4O2S/c18-15-4-2-1-3-11(15)9-17(23)21-13-7-12(16-5-6-20-22-16)8-14(10-13)25(19)24/h1-8,10H,9,19H2,(H,20,22)(H,21,23). The maximum atomic E-state index is 12.3. The maximum Gasteiger partial charge on any atom is 0.228 e. The monoisotopic (exact) mass is 374 g/mol. The molecule has 4 N–H and O–H groups in total. The molecule has 6 nitrogen and oxygen atoms in total. The fourth-order valence-corrected chi connectivity index (χ4v) is 3.07. The highest BCUT2D eigenvalue weighted by Crippen LogP contribution is 2.25. The molecule has 0 fully saturated rings. The number of halogens is 1. The molecule has 3 aromatic rings. The Kier molecular flexibility index (Phi) is 5.40. The van der Waals surface area contributed by atoms with Crippen molar-refractivity contribution in [1.29, 1.82) is 0 Å². The third-order valence-corrected chi connectivity index (χ3v) is 4.61. The van der Waals surface area contributed by atoms with Crippen LogP contribution in [0.1, 0.15) is 5.56 Å². The summed E-state index contributed by atoms with van der Waals surface area (Å²) in [6.07, 6.45) is 1.74. The first-order valence-electron chi connectivity index (χ1n) is 7.37. The lowest BCUT2D eigenvalue weighted by Gasteiger charge is -2.11. The molecule has 2 aromatic carbocycles. The van der Waals surface area contributed by atoms with Crippen molar-refractivity contribution in [2.24, 2.45) is 5.14 Å². The summed E-state index contributed by atoms with van der Waals surface area (Å²) in [5.41, 5.74) is 2.68. The number of carbonyl (C=O) groups excluding carboxylic acids is 1. The molecule has 0 aliphatic carbocycles. The molecule has 1 aromatic heterocycles. The number of nitrogens with one attached hydrogen (secondary N) is 2. The molecule has 25 heavy (non-hydrogen) atoms. The van der Waals surface area contributed by atoms with Crippen LogP contribution in [-0.4, -0.2) is 20.7 Å². The number of aromatic nitrogens is 2. The number of H-pyrrole nitrogens is 1. The first-order valence-corrected chi connectivity index (χ1v) is 8.96. The summed E-state index contributed by atoms with van der Waals surface area (Å²) in [6, 6.07) is 14.0. The minimum absolute atomic E-state index is 0.134. The van der Waals surface area contributed by atoms with Crippen LogP contribution < -0.4 is 10.5 Å². The van der Waals surface area contributed by atoms with E-state index in [0.29, 0.717) is 15.6 Å². The quantitative estimate of drug-likeness (QED) is 0.597. The summed E-state index contributed by atoms with van der Waals surface area (Å²) in [7, 11) is 0. The first-order chi connectivity index (χ1) is 12.0. The van der Waals surface area contributed by atoms with Crippen LogP contribution in [0, 0.1) is 0 Å². The first kappa shape index (κ1) is 17.5. The molecular formula is C17H15ClN4O2S. The Bertz CT molecular complexity index is 884. The number of anilines is 1. The van der Waals surface area contributed by atoms with Gasteiger partial charge in [-0.3, -0.25) is 9.89 Å². The summed E-state index contributed by atoms with van der Waals surface area (Å²) in [6.45, 7) is 0. The summed E-state index contributed by atoms with van der Waals surface area (Å²) < 4.78 is 11.7. The van der Waals surface area contributed by atoms with Gasteiger partial charge >= 0.3 is 0 Å². The van der Waals surface area contributed by atoms with Crippen molar-refractivity contribution in [2.75, 3.05) is 5.32 Å². The summed E-state index contributed by atoms with van der Waals surface area (Å²) in [5.74, 6) is -0.233. The second-order valence-corrected chi connectivity index (χ2v) is 6.80. The zero-order valence-corrected chi connectivity index (χ0v) is 14.6. The number of nitrogens with two attached hydrogens (primary N) is 1. The predicted molar refractivity (Wildman–Crippen MR) is 98.4 cm³/mol. The van der Waals surface area contributed by atoms with Crippen molar-refractivity contribution < 1.29 is 9.35 Å². The number of carbonyl (C=O) groups is 1. The zero-order chi connectivity index (χ0) is 17.8. The van der Waals surface area contributed by atoms with E-state index in [9.17, 15) is 9.35 Å². The molecule has 0 bridgehead atoms. The topological polar surface area (TPSA) is 107 Å². The molecule has 0 radical (unpaired) electrons. The summed E-state index contributed by atoms with van der Waals surface area (Å²) in [4.78, 5) is 12.7. The van der Waals surface area contributed by atoms with Crippen molar-refractivity contribution in [3.8, 4) is 11.3 Å². The SMILES string of the molecule is N[S+]([O-])c1cc(NC(=O)Cc2ccccc2Cl)cc(-c2ccn[nH]2)c1. The van der Waals surface area contributed by atoms with Crippen molar-refractivity contribution >= 4 is 34.6 Å². The fourth-order valence-electron chi connectivity index (χ4n) is 2.38. The number of nitrogens with zero attached hydrogens (tertiary/aromatic N) is 1.